The second-order valence-electron chi connectivity index (χ2n) is 5.15. The number of amides is 1. The maximum absolute atomic E-state index is 12.0. The lowest BCUT2D eigenvalue weighted by Crippen LogP contribution is -2.38. The van der Waals surface area contributed by atoms with Crippen molar-refractivity contribution in [2.24, 2.45) is 0 Å². The van der Waals surface area contributed by atoms with E-state index in [2.05, 4.69) is 10.2 Å². The Morgan fingerprint density at radius 3 is 2.85 bits per heavy atom. The van der Waals surface area contributed by atoms with Crippen LogP contribution in [0.4, 0.5) is 5.69 Å². The minimum atomic E-state index is -0.0931. The highest BCUT2D eigenvalue weighted by Gasteiger charge is 2.11. The molecule has 0 unspecified atom stereocenters. The lowest BCUT2D eigenvalue weighted by molar-refractivity contribution is 0.0374. The summed E-state index contributed by atoms with van der Waals surface area (Å²) >= 11 is 0. The summed E-state index contributed by atoms with van der Waals surface area (Å²) in [5.41, 5.74) is 8.02. The van der Waals surface area contributed by atoms with Gasteiger partial charge in [0.15, 0.2) is 0 Å². The van der Waals surface area contributed by atoms with E-state index in [1.807, 2.05) is 19.1 Å². The van der Waals surface area contributed by atoms with Crippen molar-refractivity contribution in [2.75, 3.05) is 45.1 Å². The molecule has 0 atom stereocenters. The Balaban J connectivity index is 1.72. The smallest absolute Gasteiger partial charge is 0.253 e. The fourth-order valence-electron chi connectivity index (χ4n) is 2.31. The highest BCUT2D eigenvalue weighted by Crippen LogP contribution is 2.13. The number of nitrogens with one attached hydrogen (secondary N) is 1. The summed E-state index contributed by atoms with van der Waals surface area (Å²) < 4.78 is 5.30. The van der Waals surface area contributed by atoms with Crippen molar-refractivity contribution in [3.63, 3.8) is 0 Å². The van der Waals surface area contributed by atoms with Crippen LogP contribution in [0.5, 0.6) is 0 Å². The van der Waals surface area contributed by atoms with Crippen LogP contribution in [0.1, 0.15) is 22.3 Å². The number of morpholine rings is 1. The van der Waals surface area contributed by atoms with Crippen molar-refractivity contribution in [3.8, 4) is 0 Å². The van der Waals surface area contributed by atoms with Gasteiger partial charge in [0.05, 0.1) is 18.8 Å². The third-order valence-corrected chi connectivity index (χ3v) is 3.49. The second kappa shape index (κ2) is 7.26. The van der Waals surface area contributed by atoms with Crippen LogP contribution in [0, 0.1) is 6.92 Å². The number of hydrogen-bond donors (Lipinski definition) is 2. The summed E-state index contributed by atoms with van der Waals surface area (Å²) in [7, 11) is 0. The van der Waals surface area contributed by atoms with Gasteiger partial charge in [-0.05, 0) is 37.6 Å². The van der Waals surface area contributed by atoms with E-state index < -0.39 is 0 Å². The summed E-state index contributed by atoms with van der Waals surface area (Å²) in [4.78, 5) is 14.4. The van der Waals surface area contributed by atoms with Crippen LogP contribution in [-0.2, 0) is 4.74 Å². The van der Waals surface area contributed by atoms with Gasteiger partial charge >= 0.3 is 0 Å². The number of aryl methyl sites for hydroxylation is 1. The minimum Gasteiger partial charge on any atom is -0.398 e. The first-order chi connectivity index (χ1) is 9.66. The van der Waals surface area contributed by atoms with Crippen molar-refractivity contribution in [3.05, 3.63) is 29.3 Å². The van der Waals surface area contributed by atoms with Crippen LogP contribution < -0.4 is 11.1 Å². The highest BCUT2D eigenvalue weighted by atomic mass is 16.5. The molecule has 2 rings (SSSR count). The molecule has 1 aromatic carbocycles. The number of nitrogens with zero attached hydrogens (tertiary/aromatic N) is 1. The fourth-order valence-corrected chi connectivity index (χ4v) is 2.31. The third-order valence-electron chi connectivity index (χ3n) is 3.49. The summed E-state index contributed by atoms with van der Waals surface area (Å²) in [6.07, 6.45) is 0.942. The summed E-state index contributed by atoms with van der Waals surface area (Å²) in [6, 6.07) is 5.50. The molecular weight excluding hydrogens is 254 g/mol. The zero-order valence-corrected chi connectivity index (χ0v) is 12.0. The van der Waals surface area contributed by atoms with Crippen LogP contribution in [0.2, 0.25) is 0 Å². The van der Waals surface area contributed by atoms with Gasteiger partial charge in [-0.3, -0.25) is 9.69 Å². The van der Waals surface area contributed by atoms with Crippen molar-refractivity contribution < 1.29 is 9.53 Å². The first-order valence-corrected chi connectivity index (χ1v) is 7.11. The quantitative estimate of drug-likeness (QED) is 0.623. The SMILES string of the molecule is Cc1ccc(C(=O)NCCCN2CCOCC2)c(N)c1. The molecule has 1 heterocycles. The topological polar surface area (TPSA) is 67.6 Å². The van der Waals surface area contributed by atoms with Crippen LogP contribution in [-0.4, -0.2) is 50.2 Å². The van der Waals surface area contributed by atoms with Crippen molar-refractivity contribution in [1.82, 2.24) is 10.2 Å². The van der Waals surface area contributed by atoms with E-state index >= 15 is 0 Å². The van der Waals surface area contributed by atoms with E-state index in [9.17, 15) is 4.79 Å². The molecule has 5 heteroatoms. The van der Waals surface area contributed by atoms with E-state index in [1.165, 1.54) is 0 Å². The number of carbonyl (C=O) groups is 1. The molecule has 3 N–H and O–H groups in total. The first-order valence-electron chi connectivity index (χ1n) is 7.11. The Labute approximate surface area is 120 Å². The standard InChI is InChI=1S/C15H23N3O2/c1-12-3-4-13(14(16)11-12)15(19)17-5-2-6-18-7-9-20-10-8-18/h3-4,11H,2,5-10,16H2,1H3,(H,17,19). The van der Waals surface area contributed by atoms with Gasteiger partial charge in [-0.25, -0.2) is 0 Å². The molecule has 0 aliphatic carbocycles. The molecule has 1 saturated heterocycles. The zero-order chi connectivity index (χ0) is 14.4. The van der Waals surface area contributed by atoms with E-state index in [0.29, 0.717) is 17.8 Å². The number of rotatable bonds is 5. The number of benzene rings is 1. The molecule has 110 valence electrons. The molecule has 0 radical (unpaired) electrons. The van der Waals surface area contributed by atoms with Gasteiger partial charge in [-0.2, -0.15) is 0 Å². The van der Waals surface area contributed by atoms with Gasteiger partial charge in [0.25, 0.3) is 5.91 Å². The van der Waals surface area contributed by atoms with Gasteiger partial charge in [0.2, 0.25) is 0 Å². The number of carbonyl (C=O) groups excluding carboxylic acids is 1. The Morgan fingerprint density at radius 1 is 1.40 bits per heavy atom. The highest BCUT2D eigenvalue weighted by molar-refractivity contribution is 5.99. The molecule has 0 bridgehead atoms. The molecule has 1 aliphatic heterocycles. The predicted octanol–water partition coefficient (Wildman–Crippen LogP) is 1.03. The Kier molecular flexibility index (Phi) is 5.38. The Morgan fingerprint density at radius 2 is 2.15 bits per heavy atom. The minimum absolute atomic E-state index is 0.0931. The number of hydrogen-bond acceptors (Lipinski definition) is 4. The van der Waals surface area contributed by atoms with Crippen molar-refractivity contribution in [2.45, 2.75) is 13.3 Å². The maximum Gasteiger partial charge on any atom is 0.253 e. The average molecular weight is 277 g/mol. The predicted molar refractivity (Wildman–Crippen MR) is 79.8 cm³/mol. The lowest BCUT2D eigenvalue weighted by atomic mass is 10.1. The lowest BCUT2D eigenvalue weighted by Gasteiger charge is -2.26. The largest absolute Gasteiger partial charge is 0.398 e. The summed E-state index contributed by atoms with van der Waals surface area (Å²) in [6.45, 7) is 7.22. The Bertz CT molecular complexity index is 456. The normalized spacial score (nSPS) is 16.1. The van der Waals surface area contributed by atoms with Gasteiger partial charge in [0.1, 0.15) is 0 Å². The molecule has 1 aliphatic rings. The van der Waals surface area contributed by atoms with E-state index in [4.69, 9.17) is 10.5 Å². The number of ether oxygens (including phenoxy) is 1. The number of nitrogens with two attached hydrogens (primary N) is 1. The van der Waals surface area contributed by atoms with E-state index in [-0.39, 0.29) is 5.91 Å². The zero-order valence-electron chi connectivity index (χ0n) is 12.0. The molecule has 0 spiro atoms. The van der Waals surface area contributed by atoms with E-state index in [0.717, 1.165) is 44.8 Å². The maximum atomic E-state index is 12.0. The van der Waals surface area contributed by atoms with E-state index in [1.54, 1.807) is 6.07 Å². The first kappa shape index (κ1) is 14.8. The Hall–Kier alpha value is -1.59. The summed E-state index contributed by atoms with van der Waals surface area (Å²) in [5.74, 6) is -0.0931. The molecular formula is C15H23N3O2. The molecule has 1 aromatic rings. The molecule has 0 saturated carbocycles. The van der Waals surface area contributed by atoms with Crippen LogP contribution in [0.3, 0.4) is 0 Å². The second-order valence-corrected chi connectivity index (χ2v) is 5.15. The number of anilines is 1. The van der Waals surface area contributed by atoms with Gasteiger partial charge < -0.3 is 15.8 Å². The molecule has 0 aromatic heterocycles. The molecule has 5 nitrogen and oxygen atoms in total. The molecule has 20 heavy (non-hydrogen) atoms. The van der Waals surface area contributed by atoms with Crippen molar-refractivity contribution >= 4 is 11.6 Å². The van der Waals surface area contributed by atoms with Gasteiger partial charge in [-0.15, -0.1) is 0 Å². The monoisotopic (exact) mass is 277 g/mol. The molecule has 1 fully saturated rings. The summed E-state index contributed by atoms with van der Waals surface area (Å²) in [5, 5.41) is 2.92. The third kappa shape index (κ3) is 4.21. The fraction of sp³-hybridized carbons (Fsp3) is 0.533. The van der Waals surface area contributed by atoms with Gasteiger partial charge in [-0.1, -0.05) is 6.07 Å². The van der Waals surface area contributed by atoms with Crippen LogP contribution in [0.15, 0.2) is 18.2 Å². The van der Waals surface area contributed by atoms with Crippen LogP contribution in [0.25, 0.3) is 0 Å². The van der Waals surface area contributed by atoms with Gasteiger partial charge in [0, 0.05) is 25.3 Å². The molecule has 1 amide bonds. The average Bonchev–Trinajstić information content (AvgIpc) is 2.44. The van der Waals surface area contributed by atoms with Crippen LogP contribution >= 0.6 is 0 Å². The van der Waals surface area contributed by atoms with Crippen molar-refractivity contribution in [1.29, 1.82) is 0 Å². The number of nitrogen functional groups attached to an aromatic ring is 1.